The van der Waals surface area contributed by atoms with Crippen LogP contribution in [0.15, 0.2) is 30.6 Å². The molecule has 2 aromatic rings. The fourth-order valence-electron chi connectivity index (χ4n) is 1.53. The molecule has 0 aliphatic carbocycles. The first-order valence-corrected chi connectivity index (χ1v) is 4.79. The SMILES string of the molecule is C[C@@H](Cn1cnc2ccccc21)C(=O)[O-]. The number of para-hydroxylation sites is 2. The molecule has 15 heavy (non-hydrogen) atoms. The molecule has 0 aliphatic rings. The molecule has 1 aromatic carbocycles. The Kier molecular flexibility index (Phi) is 2.41. The number of imidazole rings is 1. The summed E-state index contributed by atoms with van der Waals surface area (Å²) in [5.41, 5.74) is 1.83. The summed E-state index contributed by atoms with van der Waals surface area (Å²) in [7, 11) is 0. The Hall–Kier alpha value is -1.84. The number of aromatic nitrogens is 2. The van der Waals surface area contributed by atoms with E-state index in [9.17, 15) is 9.90 Å². The highest BCUT2D eigenvalue weighted by Gasteiger charge is 2.06. The van der Waals surface area contributed by atoms with Gasteiger partial charge in [0, 0.05) is 18.4 Å². The van der Waals surface area contributed by atoms with Crippen molar-refractivity contribution in [2.24, 2.45) is 5.92 Å². The molecule has 0 bridgehead atoms. The van der Waals surface area contributed by atoms with Crippen LogP contribution >= 0.6 is 0 Å². The molecule has 1 heterocycles. The van der Waals surface area contributed by atoms with E-state index in [2.05, 4.69) is 4.98 Å². The Labute approximate surface area is 87.2 Å². The number of benzene rings is 1. The first-order valence-electron chi connectivity index (χ1n) is 4.79. The minimum absolute atomic E-state index is 0.392. The van der Waals surface area contributed by atoms with E-state index in [-0.39, 0.29) is 0 Å². The second-order valence-electron chi connectivity index (χ2n) is 3.61. The Morgan fingerprint density at radius 1 is 1.53 bits per heavy atom. The molecule has 1 atom stereocenters. The van der Waals surface area contributed by atoms with Crippen molar-refractivity contribution >= 4 is 17.0 Å². The molecule has 4 heteroatoms. The first-order chi connectivity index (χ1) is 7.18. The van der Waals surface area contributed by atoms with E-state index in [0.29, 0.717) is 6.54 Å². The van der Waals surface area contributed by atoms with Crippen LogP contribution in [0.4, 0.5) is 0 Å². The standard InChI is InChI=1S/C11H12N2O2/c1-8(11(14)15)6-13-7-12-9-4-2-3-5-10(9)13/h2-5,7-8H,6H2,1H3,(H,14,15)/p-1/t8-/m0/s1. The average Bonchev–Trinajstić information content (AvgIpc) is 2.62. The normalized spacial score (nSPS) is 12.9. The summed E-state index contributed by atoms with van der Waals surface area (Å²) < 4.78 is 1.83. The van der Waals surface area contributed by atoms with Gasteiger partial charge in [-0.05, 0) is 12.1 Å². The molecule has 0 N–H and O–H groups in total. The molecule has 0 amide bonds. The predicted octanol–water partition coefficient (Wildman–Crippen LogP) is 0.422. The minimum Gasteiger partial charge on any atom is -0.550 e. The zero-order valence-electron chi connectivity index (χ0n) is 8.38. The van der Waals surface area contributed by atoms with Gasteiger partial charge >= 0.3 is 0 Å². The van der Waals surface area contributed by atoms with Gasteiger partial charge in [-0.2, -0.15) is 0 Å². The quantitative estimate of drug-likeness (QED) is 0.726. The number of carboxylic acid groups (broad SMARTS) is 1. The Morgan fingerprint density at radius 2 is 2.27 bits per heavy atom. The fourth-order valence-corrected chi connectivity index (χ4v) is 1.53. The van der Waals surface area contributed by atoms with Gasteiger partial charge in [-0.25, -0.2) is 4.98 Å². The van der Waals surface area contributed by atoms with Crippen molar-refractivity contribution < 1.29 is 9.90 Å². The van der Waals surface area contributed by atoms with Crippen LogP contribution in [-0.4, -0.2) is 15.5 Å². The van der Waals surface area contributed by atoms with Crippen molar-refractivity contribution in [2.45, 2.75) is 13.5 Å². The summed E-state index contributed by atoms with van der Waals surface area (Å²) in [5.74, 6) is -1.55. The maximum Gasteiger partial charge on any atom is 0.0958 e. The molecule has 0 unspecified atom stereocenters. The second-order valence-corrected chi connectivity index (χ2v) is 3.61. The lowest BCUT2D eigenvalue weighted by Gasteiger charge is -2.13. The van der Waals surface area contributed by atoms with Crippen LogP contribution in [0.1, 0.15) is 6.92 Å². The van der Waals surface area contributed by atoms with Crippen LogP contribution in [0.3, 0.4) is 0 Å². The predicted molar refractivity (Wildman–Crippen MR) is 53.9 cm³/mol. The number of nitrogens with zero attached hydrogens (tertiary/aromatic N) is 2. The van der Waals surface area contributed by atoms with Gasteiger partial charge < -0.3 is 14.5 Å². The summed E-state index contributed by atoms with van der Waals surface area (Å²) >= 11 is 0. The third-order valence-corrected chi connectivity index (χ3v) is 2.40. The number of fused-ring (bicyclic) bond motifs is 1. The third-order valence-electron chi connectivity index (χ3n) is 2.40. The molecule has 2 rings (SSSR count). The molecule has 0 fully saturated rings. The molecular formula is C11H11N2O2-. The van der Waals surface area contributed by atoms with E-state index in [1.165, 1.54) is 0 Å². The van der Waals surface area contributed by atoms with Crippen molar-refractivity contribution in [3.8, 4) is 0 Å². The number of hydrogen-bond acceptors (Lipinski definition) is 3. The molecule has 78 valence electrons. The van der Waals surface area contributed by atoms with Crippen molar-refractivity contribution in [1.29, 1.82) is 0 Å². The zero-order chi connectivity index (χ0) is 10.8. The number of rotatable bonds is 3. The highest BCUT2D eigenvalue weighted by molar-refractivity contribution is 5.75. The third kappa shape index (κ3) is 1.83. The van der Waals surface area contributed by atoms with Crippen LogP contribution in [0, 0.1) is 5.92 Å². The Morgan fingerprint density at radius 3 is 3.00 bits per heavy atom. The van der Waals surface area contributed by atoms with Crippen molar-refractivity contribution in [3.05, 3.63) is 30.6 Å². The van der Waals surface area contributed by atoms with Gasteiger partial charge in [0.15, 0.2) is 0 Å². The summed E-state index contributed by atoms with van der Waals surface area (Å²) in [6.45, 7) is 2.02. The smallest absolute Gasteiger partial charge is 0.0958 e. The number of carboxylic acids is 1. The molecule has 0 saturated carbocycles. The molecule has 0 radical (unpaired) electrons. The summed E-state index contributed by atoms with van der Waals surface area (Å²) in [4.78, 5) is 14.8. The van der Waals surface area contributed by atoms with Gasteiger partial charge in [-0.1, -0.05) is 19.1 Å². The van der Waals surface area contributed by atoms with Crippen LogP contribution in [0.5, 0.6) is 0 Å². The molecule has 1 aromatic heterocycles. The Bertz CT molecular complexity index is 490. The highest BCUT2D eigenvalue weighted by atomic mass is 16.4. The summed E-state index contributed by atoms with van der Waals surface area (Å²) in [6.07, 6.45) is 1.66. The van der Waals surface area contributed by atoms with Gasteiger partial charge in [0.25, 0.3) is 0 Å². The number of aliphatic carboxylic acids is 1. The lowest BCUT2D eigenvalue weighted by atomic mass is 10.2. The molecule has 0 saturated heterocycles. The van der Waals surface area contributed by atoms with Crippen molar-refractivity contribution in [2.75, 3.05) is 0 Å². The Balaban J connectivity index is 2.32. The zero-order valence-corrected chi connectivity index (χ0v) is 8.38. The monoisotopic (exact) mass is 203 g/mol. The van der Waals surface area contributed by atoms with E-state index < -0.39 is 11.9 Å². The average molecular weight is 203 g/mol. The topological polar surface area (TPSA) is 58.0 Å². The van der Waals surface area contributed by atoms with Crippen LogP contribution in [0.2, 0.25) is 0 Å². The van der Waals surface area contributed by atoms with Gasteiger partial charge in [0.1, 0.15) is 0 Å². The highest BCUT2D eigenvalue weighted by Crippen LogP contribution is 2.13. The lowest BCUT2D eigenvalue weighted by molar-refractivity contribution is -0.311. The van der Waals surface area contributed by atoms with Gasteiger partial charge in [0.05, 0.1) is 17.4 Å². The minimum atomic E-state index is -1.03. The number of carbonyl (C=O) groups excluding carboxylic acids is 1. The van der Waals surface area contributed by atoms with E-state index >= 15 is 0 Å². The maximum absolute atomic E-state index is 10.6. The van der Waals surface area contributed by atoms with E-state index in [1.54, 1.807) is 13.3 Å². The van der Waals surface area contributed by atoms with Gasteiger partial charge in [-0.15, -0.1) is 0 Å². The maximum atomic E-state index is 10.6. The fraction of sp³-hybridized carbons (Fsp3) is 0.273. The number of hydrogen-bond donors (Lipinski definition) is 0. The van der Waals surface area contributed by atoms with E-state index in [0.717, 1.165) is 11.0 Å². The van der Waals surface area contributed by atoms with Gasteiger partial charge in [-0.3, -0.25) is 0 Å². The largest absolute Gasteiger partial charge is 0.550 e. The number of carbonyl (C=O) groups is 1. The van der Waals surface area contributed by atoms with Crippen LogP contribution in [0.25, 0.3) is 11.0 Å². The molecule has 0 aliphatic heterocycles. The van der Waals surface area contributed by atoms with Crippen LogP contribution < -0.4 is 5.11 Å². The van der Waals surface area contributed by atoms with Gasteiger partial charge in [0.2, 0.25) is 0 Å². The molecular weight excluding hydrogens is 192 g/mol. The van der Waals surface area contributed by atoms with E-state index in [4.69, 9.17) is 0 Å². The summed E-state index contributed by atoms with van der Waals surface area (Å²) in [6, 6.07) is 7.63. The van der Waals surface area contributed by atoms with Crippen LogP contribution in [-0.2, 0) is 11.3 Å². The summed E-state index contributed by atoms with van der Waals surface area (Å²) in [5, 5.41) is 10.6. The molecule has 0 spiro atoms. The first kappa shape index (κ1) is 9.71. The van der Waals surface area contributed by atoms with Crippen molar-refractivity contribution in [3.63, 3.8) is 0 Å². The lowest BCUT2D eigenvalue weighted by Crippen LogP contribution is -2.31. The van der Waals surface area contributed by atoms with E-state index in [1.807, 2.05) is 28.8 Å². The molecule has 4 nitrogen and oxygen atoms in total. The van der Waals surface area contributed by atoms with Crippen molar-refractivity contribution in [1.82, 2.24) is 9.55 Å². The second kappa shape index (κ2) is 3.73.